The number of urea groups is 1. The van der Waals surface area contributed by atoms with E-state index in [1.165, 1.54) is 19.8 Å². The number of methoxy groups -OCH3 is 2. The molecule has 1 unspecified atom stereocenters. The number of carboxylic acids is 1. The van der Waals surface area contributed by atoms with Crippen molar-refractivity contribution in [2.24, 2.45) is 0 Å². The summed E-state index contributed by atoms with van der Waals surface area (Å²) in [5, 5.41) is 12.0. The van der Waals surface area contributed by atoms with Crippen molar-refractivity contribution in [2.75, 3.05) is 32.6 Å². The van der Waals surface area contributed by atoms with Crippen molar-refractivity contribution in [3.63, 3.8) is 0 Å². The minimum absolute atomic E-state index is 0.198. The number of carbonyl (C=O) groups excluding carboxylic acids is 1. The van der Waals surface area contributed by atoms with Crippen LogP contribution in [-0.4, -0.2) is 55.4 Å². The smallest absolute Gasteiger partial charge is 0.344 e. The third kappa shape index (κ3) is 9.39. The molecular weight excluding hydrogens is 448 g/mol. The second kappa shape index (κ2) is 14.8. The van der Waals surface area contributed by atoms with E-state index < -0.39 is 12.1 Å². The van der Waals surface area contributed by atoms with Gasteiger partial charge in [-0.3, -0.25) is 0 Å². The summed E-state index contributed by atoms with van der Waals surface area (Å²) >= 11 is 0. The van der Waals surface area contributed by atoms with Crippen molar-refractivity contribution in [3.8, 4) is 17.2 Å². The molecule has 0 aliphatic carbocycles. The molecule has 0 fully saturated rings. The molecule has 2 aromatic rings. The van der Waals surface area contributed by atoms with Crippen LogP contribution in [0.3, 0.4) is 0 Å². The molecule has 2 rings (SSSR count). The molecule has 2 N–H and O–H groups in total. The Morgan fingerprint density at radius 2 is 1.74 bits per heavy atom. The zero-order valence-electron chi connectivity index (χ0n) is 21.2. The number of amides is 2. The standard InChI is InChI=1S/C27H38N2O6/c1-5-6-7-8-9-16-29(27(32)28-24-14-13-22(33-3)19-25(24)34-4)17-15-21-11-10-12-23(18-21)35-20(2)26(30)31/h10-14,18-20H,5-9,15-17H2,1-4H3,(H,28,32)(H,30,31). The van der Waals surface area contributed by atoms with E-state index in [-0.39, 0.29) is 6.03 Å². The number of nitrogens with zero attached hydrogens (tertiary/aromatic N) is 1. The first-order valence-corrected chi connectivity index (χ1v) is 12.1. The van der Waals surface area contributed by atoms with Gasteiger partial charge in [0.15, 0.2) is 6.10 Å². The fourth-order valence-corrected chi connectivity index (χ4v) is 3.61. The van der Waals surface area contributed by atoms with Crippen molar-refractivity contribution in [1.29, 1.82) is 0 Å². The zero-order chi connectivity index (χ0) is 25.6. The van der Waals surface area contributed by atoms with E-state index in [4.69, 9.17) is 19.3 Å². The lowest BCUT2D eigenvalue weighted by Gasteiger charge is -2.24. The van der Waals surface area contributed by atoms with Gasteiger partial charge in [-0.2, -0.15) is 0 Å². The third-order valence-electron chi connectivity index (χ3n) is 5.70. The van der Waals surface area contributed by atoms with Gasteiger partial charge in [0.2, 0.25) is 0 Å². The topological polar surface area (TPSA) is 97.3 Å². The molecule has 0 saturated carbocycles. The molecule has 2 aromatic carbocycles. The van der Waals surface area contributed by atoms with Crippen LogP contribution in [-0.2, 0) is 11.2 Å². The van der Waals surface area contributed by atoms with Crippen LogP contribution in [0.4, 0.5) is 10.5 Å². The first kappa shape index (κ1) is 27.8. The molecule has 1 atom stereocenters. The maximum atomic E-state index is 13.2. The number of unbranched alkanes of at least 4 members (excludes halogenated alkanes) is 4. The highest BCUT2D eigenvalue weighted by Crippen LogP contribution is 2.29. The third-order valence-corrected chi connectivity index (χ3v) is 5.70. The highest BCUT2D eigenvalue weighted by Gasteiger charge is 2.17. The molecule has 0 radical (unpaired) electrons. The maximum absolute atomic E-state index is 13.2. The molecule has 0 heterocycles. The Morgan fingerprint density at radius 1 is 0.971 bits per heavy atom. The van der Waals surface area contributed by atoms with Crippen LogP contribution in [0.25, 0.3) is 0 Å². The molecule has 0 spiro atoms. The van der Waals surface area contributed by atoms with Crippen LogP contribution in [0.2, 0.25) is 0 Å². The summed E-state index contributed by atoms with van der Waals surface area (Å²) in [6.45, 7) is 4.82. The van der Waals surface area contributed by atoms with Gasteiger partial charge < -0.3 is 29.5 Å². The molecule has 0 aliphatic rings. The van der Waals surface area contributed by atoms with Crippen LogP contribution in [0.15, 0.2) is 42.5 Å². The Morgan fingerprint density at radius 3 is 2.43 bits per heavy atom. The van der Waals surface area contributed by atoms with Crippen LogP contribution < -0.4 is 19.5 Å². The fourth-order valence-electron chi connectivity index (χ4n) is 3.61. The average molecular weight is 487 g/mol. The fraction of sp³-hybridized carbons (Fsp3) is 0.481. The van der Waals surface area contributed by atoms with Gasteiger partial charge in [0.25, 0.3) is 0 Å². The number of ether oxygens (including phenoxy) is 3. The monoisotopic (exact) mass is 486 g/mol. The number of hydrogen-bond donors (Lipinski definition) is 2. The number of nitrogens with one attached hydrogen (secondary N) is 1. The molecule has 8 heteroatoms. The number of carbonyl (C=O) groups is 2. The molecule has 35 heavy (non-hydrogen) atoms. The minimum Gasteiger partial charge on any atom is -0.497 e. The Hall–Kier alpha value is -3.42. The Bertz CT molecular complexity index is 949. The SMILES string of the molecule is CCCCCCCN(CCc1cccc(OC(C)C(=O)O)c1)C(=O)Nc1ccc(OC)cc1OC. The van der Waals surface area contributed by atoms with Gasteiger partial charge in [-0.15, -0.1) is 0 Å². The van der Waals surface area contributed by atoms with E-state index in [0.29, 0.717) is 42.4 Å². The molecule has 8 nitrogen and oxygen atoms in total. The summed E-state index contributed by atoms with van der Waals surface area (Å²) in [6.07, 6.45) is 5.18. The van der Waals surface area contributed by atoms with E-state index in [1.54, 1.807) is 38.5 Å². The summed E-state index contributed by atoms with van der Waals surface area (Å²) in [5.74, 6) is 0.649. The van der Waals surface area contributed by atoms with Crippen molar-refractivity contribution in [1.82, 2.24) is 4.90 Å². The number of hydrogen-bond acceptors (Lipinski definition) is 5. The number of benzene rings is 2. The van der Waals surface area contributed by atoms with Crippen LogP contribution in [0.1, 0.15) is 51.5 Å². The van der Waals surface area contributed by atoms with Crippen LogP contribution >= 0.6 is 0 Å². The highest BCUT2D eigenvalue weighted by molar-refractivity contribution is 5.91. The minimum atomic E-state index is -1.02. The van der Waals surface area contributed by atoms with Crippen molar-refractivity contribution in [2.45, 2.75) is 58.5 Å². The predicted molar refractivity (Wildman–Crippen MR) is 137 cm³/mol. The normalized spacial score (nSPS) is 11.4. The first-order valence-electron chi connectivity index (χ1n) is 12.1. The van der Waals surface area contributed by atoms with Crippen LogP contribution in [0.5, 0.6) is 17.2 Å². The van der Waals surface area contributed by atoms with Gasteiger partial charge in [-0.1, -0.05) is 44.7 Å². The number of rotatable bonds is 15. The summed E-state index contributed by atoms with van der Waals surface area (Å²) in [6, 6.07) is 12.4. The number of aliphatic carboxylic acids is 1. The lowest BCUT2D eigenvalue weighted by atomic mass is 10.1. The second-order valence-electron chi connectivity index (χ2n) is 8.39. The zero-order valence-corrected chi connectivity index (χ0v) is 21.2. The first-order chi connectivity index (χ1) is 16.9. The van der Waals surface area contributed by atoms with E-state index in [2.05, 4.69) is 12.2 Å². The number of carboxylic acid groups (broad SMARTS) is 1. The quantitative estimate of drug-likeness (QED) is 0.318. The molecule has 0 aliphatic heterocycles. The van der Waals surface area contributed by atoms with Crippen LogP contribution in [0, 0.1) is 0 Å². The molecule has 192 valence electrons. The lowest BCUT2D eigenvalue weighted by molar-refractivity contribution is -0.144. The Kier molecular flexibility index (Phi) is 11.7. The molecule has 2 amide bonds. The summed E-state index contributed by atoms with van der Waals surface area (Å²) in [7, 11) is 3.13. The van der Waals surface area contributed by atoms with Crippen molar-refractivity contribution in [3.05, 3.63) is 48.0 Å². The molecular formula is C27H38N2O6. The number of anilines is 1. The van der Waals surface area contributed by atoms with Gasteiger partial charge in [-0.25, -0.2) is 9.59 Å². The van der Waals surface area contributed by atoms with E-state index in [0.717, 1.165) is 24.8 Å². The van der Waals surface area contributed by atoms with Crippen molar-refractivity contribution >= 4 is 17.7 Å². The van der Waals surface area contributed by atoms with Gasteiger partial charge >= 0.3 is 12.0 Å². The van der Waals surface area contributed by atoms with Crippen molar-refractivity contribution < 1.29 is 28.9 Å². The molecule has 0 aromatic heterocycles. The summed E-state index contributed by atoms with van der Waals surface area (Å²) < 4.78 is 16.1. The molecule has 0 saturated heterocycles. The van der Waals surface area contributed by atoms with E-state index in [1.807, 2.05) is 23.1 Å². The summed E-state index contributed by atoms with van der Waals surface area (Å²) in [4.78, 5) is 26.1. The average Bonchev–Trinajstić information content (AvgIpc) is 2.85. The maximum Gasteiger partial charge on any atom is 0.344 e. The Balaban J connectivity index is 2.08. The second-order valence-corrected chi connectivity index (χ2v) is 8.39. The summed E-state index contributed by atoms with van der Waals surface area (Å²) in [5.41, 5.74) is 1.54. The predicted octanol–water partition coefficient (Wildman–Crippen LogP) is 5.60. The Labute approximate surface area is 208 Å². The van der Waals surface area contributed by atoms with Gasteiger partial charge in [-0.05, 0) is 49.6 Å². The van der Waals surface area contributed by atoms with E-state index in [9.17, 15) is 9.59 Å². The largest absolute Gasteiger partial charge is 0.497 e. The highest BCUT2D eigenvalue weighted by atomic mass is 16.5. The van der Waals surface area contributed by atoms with Gasteiger partial charge in [0, 0.05) is 19.2 Å². The van der Waals surface area contributed by atoms with Gasteiger partial charge in [0.05, 0.1) is 19.9 Å². The molecule has 0 bridgehead atoms. The lowest BCUT2D eigenvalue weighted by Crippen LogP contribution is -2.37. The van der Waals surface area contributed by atoms with E-state index >= 15 is 0 Å². The van der Waals surface area contributed by atoms with Gasteiger partial charge in [0.1, 0.15) is 17.2 Å².